The highest BCUT2D eigenvalue weighted by Crippen LogP contribution is 2.26. The molecule has 5 aromatic carbocycles. The first-order valence-electron chi connectivity index (χ1n) is 15.8. The van der Waals surface area contributed by atoms with Gasteiger partial charge in [0.2, 0.25) is 0 Å². The highest BCUT2D eigenvalue weighted by Gasteiger charge is 2.15. The van der Waals surface area contributed by atoms with Gasteiger partial charge in [0, 0.05) is 38.9 Å². The molecule has 0 aromatic heterocycles. The average molecular weight is 623 g/mol. The molecular weight excluding hydrogens is 588 g/mol. The molecule has 0 spiro atoms. The minimum Gasteiger partial charge on any atom is -0.497 e. The van der Waals surface area contributed by atoms with E-state index in [9.17, 15) is 0 Å². The molecule has 0 fully saturated rings. The molecule has 0 N–H and O–H groups in total. The summed E-state index contributed by atoms with van der Waals surface area (Å²) in [6.45, 7) is 0. The van der Waals surface area contributed by atoms with Crippen LogP contribution < -0.4 is 14.2 Å². The van der Waals surface area contributed by atoms with Crippen LogP contribution in [0.3, 0.4) is 0 Å². The zero-order valence-electron chi connectivity index (χ0n) is 27.4. The Morgan fingerprint density at radius 2 is 0.667 bits per heavy atom. The van der Waals surface area contributed by atoms with Crippen LogP contribution in [0.2, 0.25) is 0 Å². The lowest BCUT2D eigenvalue weighted by molar-refractivity contribution is 0.414. The predicted molar refractivity (Wildman–Crippen MR) is 193 cm³/mol. The number of terminal acetylenes is 1. The molecule has 3 nitrogen and oxygen atoms in total. The highest BCUT2D eigenvalue weighted by molar-refractivity contribution is 5.59. The van der Waals surface area contributed by atoms with Gasteiger partial charge in [-0.05, 0) is 145 Å². The Morgan fingerprint density at radius 1 is 0.396 bits per heavy atom. The number of hydrogen-bond acceptors (Lipinski definition) is 3. The second-order valence-corrected chi connectivity index (χ2v) is 11.4. The number of hydrogen-bond donors (Lipinski definition) is 0. The van der Waals surface area contributed by atoms with Gasteiger partial charge in [-0.3, -0.25) is 0 Å². The lowest BCUT2D eigenvalue weighted by Crippen LogP contribution is -2.06. The maximum Gasteiger partial charge on any atom is 0.118 e. The molecule has 4 bridgehead atoms. The van der Waals surface area contributed by atoms with Crippen LogP contribution in [0.4, 0.5) is 0 Å². The van der Waals surface area contributed by atoms with Gasteiger partial charge in [0.1, 0.15) is 17.2 Å². The van der Waals surface area contributed by atoms with Gasteiger partial charge >= 0.3 is 0 Å². The van der Waals surface area contributed by atoms with E-state index >= 15 is 0 Å². The summed E-state index contributed by atoms with van der Waals surface area (Å²) < 4.78 is 16.0. The molecule has 0 heterocycles. The number of rotatable bonds is 3. The lowest BCUT2D eigenvalue weighted by atomic mass is 9.87. The van der Waals surface area contributed by atoms with Crippen LogP contribution in [0, 0.1) is 47.9 Å². The van der Waals surface area contributed by atoms with Gasteiger partial charge in [0.25, 0.3) is 0 Å². The van der Waals surface area contributed by atoms with Gasteiger partial charge < -0.3 is 14.2 Å². The van der Waals surface area contributed by atoms with Crippen LogP contribution >= 0.6 is 0 Å². The average Bonchev–Trinajstić information content (AvgIpc) is 3.14. The van der Waals surface area contributed by atoms with Gasteiger partial charge in [0.15, 0.2) is 0 Å². The summed E-state index contributed by atoms with van der Waals surface area (Å²) in [5, 5.41) is 0. The van der Waals surface area contributed by atoms with E-state index in [0.29, 0.717) is 0 Å². The maximum absolute atomic E-state index is 6.06. The zero-order valence-corrected chi connectivity index (χ0v) is 27.4. The van der Waals surface area contributed by atoms with Gasteiger partial charge in [0.05, 0.1) is 21.3 Å². The SMILES string of the molecule is C#Cc1cc2c(C#Cc3ccc(OC)cc3)cc1CCc1cc(C#Cc3ccc(OC)cc3)c(cc1C#Cc1ccc(OC)cc1)CC2. The van der Waals surface area contributed by atoms with Gasteiger partial charge in [-0.2, -0.15) is 0 Å². The normalized spacial score (nSPS) is 11.2. The van der Waals surface area contributed by atoms with E-state index < -0.39 is 0 Å². The van der Waals surface area contributed by atoms with Crippen LogP contribution in [0.1, 0.15) is 61.2 Å². The summed E-state index contributed by atoms with van der Waals surface area (Å²) in [4.78, 5) is 0. The first kappa shape index (κ1) is 31.7. The van der Waals surface area contributed by atoms with E-state index in [1.54, 1.807) is 21.3 Å². The monoisotopic (exact) mass is 622 g/mol. The fourth-order valence-corrected chi connectivity index (χ4v) is 5.67. The molecule has 0 amide bonds. The Bertz CT molecular complexity index is 2180. The van der Waals surface area contributed by atoms with Crippen LogP contribution in [-0.4, -0.2) is 21.3 Å². The van der Waals surface area contributed by atoms with Crippen molar-refractivity contribution in [1.29, 1.82) is 0 Å². The van der Waals surface area contributed by atoms with Gasteiger partial charge in [-0.25, -0.2) is 0 Å². The summed E-state index contributed by atoms with van der Waals surface area (Å²) in [5.74, 6) is 25.9. The van der Waals surface area contributed by atoms with Crippen molar-refractivity contribution in [2.75, 3.05) is 21.3 Å². The molecule has 5 aromatic rings. The van der Waals surface area contributed by atoms with Gasteiger partial charge in [-0.1, -0.05) is 41.4 Å². The Labute approximate surface area is 283 Å². The summed E-state index contributed by atoms with van der Waals surface area (Å²) >= 11 is 0. The van der Waals surface area contributed by atoms with E-state index in [4.69, 9.17) is 20.6 Å². The number of benzene rings is 5. The molecule has 232 valence electrons. The number of methoxy groups -OCH3 is 3. The first-order chi connectivity index (χ1) is 23.5. The second-order valence-electron chi connectivity index (χ2n) is 11.4. The van der Waals surface area contributed by atoms with Crippen molar-refractivity contribution in [2.24, 2.45) is 0 Å². The molecule has 48 heavy (non-hydrogen) atoms. The fourth-order valence-electron chi connectivity index (χ4n) is 5.67. The highest BCUT2D eigenvalue weighted by atomic mass is 16.5. The summed E-state index contributed by atoms with van der Waals surface area (Å²) in [5.41, 5.74) is 11.2. The van der Waals surface area contributed by atoms with E-state index in [-0.39, 0.29) is 0 Å². The fraction of sp³-hybridized carbons (Fsp3) is 0.156. The first-order valence-corrected chi connectivity index (χ1v) is 15.8. The third kappa shape index (κ3) is 7.57. The Kier molecular flexibility index (Phi) is 9.84. The van der Waals surface area contributed by atoms with Crippen molar-refractivity contribution in [3.8, 4) is 65.1 Å². The molecule has 3 heteroatoms. The molecule has 4 aliphatic carbocycles. The molecule has 9 rings (SSSR count). The third-order valence-corrected chi connectivity index (χ3v) is 8.44. The van der Waals surface area contributed by atoms with E-state index in [1.165, 1.54) is 0 Å². The van der Waals surface area contributed by atoms with Crippen LogP contribution in [0.25, 0.3) is 0 Å². The number of aryl methyl sites for hydroxylation is 4. The lowest BCUT2D eigenvalue weighted by Gasteiger charge is -2.16. The van der Waals surface area contributed by atoms with Gasteiger partial charge in [-0.15, -0.1) is 6.42 Å². The largest absolute Gasteiger partial charge is 0.497 e. The van der Waals surface area contributed by atoms with Crippen LogP contribution in [-0.2, 0) is 25.7 Å². The quantitative estimate of drug-likeness (QED) is 0.193. The molecule has 0 atom stereocenters. The summed E-state index contributed by atoms with van der Waals surface area (Å²) in [6.07, 6.45) is 9.07. The summed E-state index contributed by atoms with van der Waals surface area (Å²) in [6, 6.07) is 32.2. The van der Waals surface area contributed by atoms with E-state index in [1.807, 2.05) is 72.8 Å². The van der Waals surface area contributed by atoms with Crippen molar-refractivity contribution < 1.29 is 14.2 Å². The van der Waals surface area contributed by atoms with E-state index in [2.05, 4.69) is 65.7 Å². The van der Waals surface area contributed by atoms with Crippen molar-refractivity contribution in [1.82, 2.24) is 0 Å². The Hall–Kier alpha value is -6.26. The Balaban J connectivity index is 1.42. The molecule has 0 unspecified atom stereocenters. The van der Waals surface area contributed by atoms with Crippen molar-refractivity contribution in [3.63, 3.8) is 0 Å². The van der Waals surface area contributed by atoms with Crippen molar-refractivity contribution in [3.05, 3.63) is 158 Å². The zero-order chi connectivity index (χ0) is 33.3. The third-order valence-electron chi connectivity index (χ3n) is 8.44. The summed E-state index contributed by atoms with van der Waals surface area (Å²) in [7, 11) is 4.99. The standard InChI is InChI=1S/C45H34O3/c1-5-35-28-40-20-21-42-31-38(16-7-33-11-24-44(47-3)25-12-33)41(30-39(42)17-8-34-13-26-45(48-4)27-14-34)19-18-36(35)29-37(40)15-6-32-9-22-43(46-2)23-10-32/h1,9-14,22-31H,18-21H2,2-4H3. The minimum absolute atomic E-state index is 0.749. The van der Waals surface area contributed by atoms with Crippen LogP contribution in [0.5, 0.6) is 17.2 Å². The topological polar surface area (TPSA) is 27.7 Å². The van der Waals surface area contributed by atoms with Crippen molar-refractivity contribution in [2.45, 2.75) is 25.7 Å². The molecule has 0 saturated heterocycles. The van der Waals surface area contributed by atoms with Crippen molar-refractivity contribution >= 4 is 0 Å². The predicted octanol–water partition coefficient (Wildman–Crippen LogP) is 7.78. The smallest absolute Gasteiger partial charge is 0.118 e. The minimum atomic E-state index is 0.749. The second kappa shape index (κ2) is 14.9. The molecule has 4 aliphatic rings. The van der Waals surface area contributed by atoms with E-state index in [0.717, 1.165) is 104 Å². The molecular formula is C45H34O3. The molecule has 0 radical (unpaired) electrons. The molecule has 0 saturated carbocycles. The number of ether oxygens (including phenoxy) is 3. The maximum atomic E-state index is 6.06. The Morgan fingerprint density at radius 3 is 0.938 bits per heavy atom. The van der Waals surface area contributed by atoms with Crippen LogP contribution in [0.15, 0.2) is 97.1 Å². The molecule has 0 aliphatic heterocycles.